The zero-order valence-electron chi connectivity index (χ0n) is 11.8. The van der Waals surface area contributed by atoms with Gasteiger partial charge in [0.25, 0.3) is 0 Å². The fraction of sp³-hybridized carbons (Fsp3) is 0.647. The van der Waals surface area contributed by atoms with Crippen LogP contribution in [0.5, 0.6) is 0 Å². The lowest BCUT2D eigenvalue weighted by molar-refractivity contribution is 0.283. The molecule has 0 bridgehead atoms. The van der Waals surface area contributed by atoms with E-state index in [1.807, 2.05) is 0 Å². The van der Waals surface area contributed by atoms with E-state index in [1.165, 1.54) is 50.5 Å². The Kier molecular flexibility index (Phi) is 6.73. The van der Waals surface area contributed by atoms with Crippen molar-refractivity contribution in [3.05, 3.63) is 35.9 Å². The fourth-order valence-electron chi connectivity index (χ4n) is 3.05. The first-order chi connectivity index (χ1) is 9.40. The lowest BCUT2D eigenvalue weighted by Crippen LogP contribution is -2.39. The Morgan fingerprint density at radius 3 is 2.63 bits per heavy atom. The van der Waals surface area contributed by atoms with Gasteiger partial charge in [-0.25, -0.2) is 0 Å². The van der Waals surface area contributed by atoms with E-state index in [4.69, 9.17) is 11.6 Å². The first-order valence-corrected chi connectivity index (χ1v) is 8.27. The summed E-state index contributed by atoms with van der Waals surface area (Å²) in [5, 5.41) is 3.72. The van der Waals surface area contributed by atoms with Crippen LogP contribution < -0.4 is 5.32 Å². The molecule has 1 fully saturated rings. The summed E-state index contributed by atoms with van der Waals surface area (Å²) in [7, 11) is 0. The number of halogens is 1. The van der Waals surface area contributed by atoms with E-state index >= 15 is 0 Å². The highest BCUT2D eigenvalue weighted by Crippen LogP contribution is 2.25. The summed E-state index contributed by atoms with van der Waals surface area (Å²) in [6, 6.07) is 11.4. The standard InChI is InChI=1S/C17H26ClN/c18-14-16-11-4-5-12-17(16)19-13-7-6-10-15-8-2-1-3-9-15/h1-3,8-9,16-17,19H,4-7,10-14H2. The number of hydrogen-bond acceptors (Lipinski definition) is 1. The van der Waals surface area contributed by atoms with E-state index in [9.17, 15) is 0 Å². The molecule has 0 saturated heterocycles. The topological polar surface area (TPSA) is 12.0 Å². The van der Waals surface area contributed by atoms with Gasteiger partial charge in [-0.3, -0.25) is 0 Å². The molecule has 1 aromatic rings. The quantitative estimate of drug-likeness (QED) is 0.576. The summed E-state index contributed by atoms with van der Waals surface area (Å²) in [5.74, 6) is 1.52. The molecule has 1 aliphatic carbocycles. The third-order valence-corrected chi connectivity index (χ3v) is 4.65. The molecule has 0 spiro atoms. The molecule has 19 heavy (non-hydrogen) atoms. The maximum absolute atomic E-state index is 6.06. The molecule has 2 atom stereocenters. The largest absolute Gasteiger partial charge is 0.314 e. The Morgan fingerprint density at radius 1 is 1.05 bits per heavy atom. The van der Waals surface area contributed by atoms with Gasteiger partial charge < -0.3 is 5.32 Å². The normalized spacial score (nSPS) is 23.4. The summed E-state index contributed by atoms with van der Waals surface area (Å²) < 4.78 is 0. The predicted molar refractivity (Wildman–Crippen MR) is 83.8 cm³/mol. The van der Waals surface area contributed by atoms with E-state index in [1.54, 1.807) is 0 Å². The van der Waals surface area contributed by atoms with Crippen LogP contribution in [-0.4, -0.2) is 18.5 Å². The van der Waals surface area contributed by atoms with Gasteiger partial charge in [0, 0.05) is 11.9 Å². The molecule has 0 radical (unpaired) electrons. The number of hydrogen-bond donors (Lipinski definition) is 1. The van der Waals surface area contributed by atoms with Gasteiger partial charge in [-0.1, -0.05) is 43.2 Å². The van der Waals surface area contributed by atoms with E-state index in [0.29, 0.717) is 12.0 Å². The van der Waals surface area contributed by atoms with Crippen molar-refractivity contribution in [2.45, 2.75) is 51.0 Å². The van der Waals surface area contributed by atoms with Crippen LogP contribution in [0.1, 0.15) is 44.1 Å². The van der Waals surface area contributed by atoms with Crippen LogP contribution in [0.2, 0.25) is 0 Å². The van der Waals surface area contributed by atoms with Crippen LogP contribution in [0.3, 0.4) is 0 Å². The van der Waals surface area contributed by atoms with Crippen molar-refractivity contribution in [2.75, 3.05) is 12.4 Å². The maximum atomic E-state index is 6.06. The van der Waals surface area contributed by atoms with Crippen LogP contribution in [-0.2, 0) is 6.42 Å². The number of alkyl halides is 1. The van der Waals surface area contributed by atoms with Crippen LogP contribution in [0, 0.1) is 5.92 Å². The summed E-state index contributed by atoms with van der Waals surface area (Å²) in [6.45, 7) is 1.14. The molecule has 2 unspecified atom stereocenters. The van der Waals surface area contributed by atoms with Crippen molar-refractivity contribution in [3.8, 4) is 0 Å². The first-order valence-electron chi connectivity index (χ1n) is 7.73. The van der Waals surface area contributed by atoms with E-state index in [0.717, 1.165) is 12.4 Å². The van der Waals surface area contributed by atoms with Crippen molar-refractivity contribution in [2.24, 2.45) is 5.92 Å². The molecular weight excluding hydrogens is 254 g/mol. The number of aryl methyl sites for hydroxylation is 1. The molecule has 0 amide bonds. The second kappa shape index (κ2) is 8.60. The lowest BCUT2D eigenvalue weighted by atomic mass is 9.86. The van der Waals surface area contributed by atoms with Crippen LogP contribution in [0.4, 0.5) is 0 Å². The van der Waals surface area contributed by atoms with Crippen molar-refractivity contribution in [1.29, 1.82) is 0 Å². The molecule has 1 nitrogen and oxygen atoms in total. The predicted octanol–water partition coefficient (Wildman–Crippen LogP) is 4.40. The average molecular weight is 280 g/mol. The molecular formula is C17H26ClN. The SMILES string of the molecule is ClCC1CCCCC1NCCCCc1ccccc1. The highest BCUT2D eigenvalue weighted by Gasteiger charge is 2.23. The molecule has 0 aromatic heterocycles. The number of benzene rings is 1. The highest BCUT2D eigenvalue weighted by molar-refractivity contribution is 6.18. The molecule has 2 rings (SSSR count). The van der Waals surface area contributed by atoms with E-state index in [-0.39, 0.29) is 0 Å². The molecule has 0 heterocycles. The third kappa shape index (κ3) is 5.16. The molecule has 2 heteroatoms. The summed E-state index contributed by atoms with van der Waals surface area (Å²) >= 11 is 6.06. The van der Waals surface area contributed by atoms with Crippen LogP contribution in [0.15, 0.2) is 30.3 Å². The van der Waals surface area contributed by atoms with Gasteiger partial charge in [0.05, 0.1) is 0 Å². The third-order valence-electron chi connectivity index (χ3n) is 4.25. The van der Waals surface area contributed by atoms with Gasteiger partial charge >= 0.3 is 0 Å². The minimum Gasteiger partial charge on any atom is -0.314 e. The summed E-state index contributed by atoms with van der Waals surface area (Å²) in [5.41, 5.74) is 1.46. The van der Waals surface area contributed by atoms with Crippen LogP contribution >= 0.6 is 11.6 Å². The van der Waals surface area contributed by atoms with Crippen molar-refractivity contribution in [3.63, 3.8) is 0 Å². The second-order valence-electron chi connectivity index (χ2n) is 5.70. The smallest absolute Gasteiger partial charge is 0.0266 e. The van der Waals surface area contributed by atoms with E-state index in [2.05, 4.69) is 35.6 Å². The second-order valence-corrected chi connectivity index (χ2v) is 6.01. The number of nitrogens with one attached hydrogen (secondary N) is 1. The fourth-order valence-corrected chi connectivity index (χ4v) is 3.42. The van der Waals surface area contributed by atoms with E-state index < -0.39 is 0 Å². The zero-order chi connectivity index (χ0) is 13.3. The molecule has 1 aliphatic rings. The average Bonchev–Trinajstić information content (AvgIpc) is 2.48. The minimum atomic E-state index is 0.669. The maximum Gasteiger partial charge on any atom is 0.0266 e. The Balaban J connectivity index is 1.58. The van der Waals surface area contributed by atoms with Crippen molar-refractivity contribution >= 4 is 11.6 Å². The van der Waals surface area contributed by atoms with Gasteiger partial charge in [-0.05, 0) is 50.1 Å². The molecule has 1 aromatic carbocycles. The monoisotopic (exact) mass is 279 g/mol. The Hall–Kier alpha value is -0.530. The Bertz CT molecular complexity index is 338. The van der Waals surface area contributed by atoms with Crippen molar-refractivity contribution < 1.29 is 0 Å². The van der Waals surface area contributed by atoms with Gasteiger partial charge in [-0.2, -0.15) is 0 Å². The Morgan fingerprint density at radius 2 is 1.84 bits per heavy atom. The number of rotatable bonds is 7. The first kappa shape index (κ1) is 14.9. The highest BCUT2D eigenvalue weighted by atomic mass is 35.5. The molecule has 0 aliphatic heterocycles. The molecule has 106 valence electrons. The zero-order valence-corrected chi connectivity index (χ0v) is 12.5. The number of unbranched alkanes of at least 4 members (excludes halogenated alkanes) is 1. The Labute approximate surface area is 122 Å². The van der Waals surface area contributed by atoms with Gasteiger partial charge in [-0.15, -0.1) is 11.6 Å². The van der Waals surface area contributed by atoms with Gasteiger partial charge in [0.15, 0.2) is 0 Å². The minimum absolute atomic E-state index is 0.669. The molecule has 1 saturated carbocycles. The molecule has 1 N–H and O–H groups in total. The summed E-state index contributed by atoms with van der Waals surface area (Å²) in [4.78, 5) is 0. The van der Waals surface area contributed by atoms with Crippen molar-refractivity contribution in [1.82, 2.24) is 5.32 Å². The lowest BCUT2D eigenvalue weighted by Gasteiger charge is -2.31. The van der Waals surface area contributed by atoms with Gasteiger partial charge in [0.1, 0.15) is 0 Å². The van der Waals surface area contributed by atoms with Gasteiger partial charge in [0.2, 0.25) is 0 Å². The van der Waals surface area contributed by atoms with Crippen LogP contribution in [0.25, 0.3) is 0 Å². The summed E-state index contributed by atoms with van der Waals surface area (Å²) in [6.07, 6.45) is 9.10.